The molecule has 3 heteroatoms. The molecule has 0 bridgehead atoms. The van der Waals surface area contributed by atoms with Gasteiger partial charge in [-0.1, -0.05) is 50.2 Å². The second-order valence-corrected chi connectivity index (χ2v) is 5.63. The van der Waals surface area contributed by atoms with Crippen molar-refractivity contribution in [3.05, 3.63) is 64.1 Å². The first-order valence-electron chi connectivity index (χ1n) is 7.16. The smallest absolute Gasteiger partial charge is 0.254 e. The fraction of sp³-hybridized carbons (Fsp3) is 0.222. The summed E-state index contributed by atoms with van der Waals surface area (Å²) in [5.74, 6) is 0.805. The third-order valence-electron chi connectivity index (χ3n) is 3.75. The van der Waals surface area contributed by atoms with E-state index in [1.54, 1.807) is 0 Å². The first-order chi connectivity index (χ1) is 10.1. The minimum atomic E-state index is -0.0411. The molecule has 1 heterocycles. The molecule has 0 aliphatic carbocycles. The zero-order chi connectivity index (χ0) is 15.0. The van der Waals surface area contributed by atoms with Crippen molar-refractivity contribution in [3.63, 3.8) is 0 Å². The van der Waals surface area contributed by atoms with Gasteiger partial charge in [0.2, 0.25) is 0 Å². The summed E-state index contributed by atoms with van der Waals surface area (Å²) in [4.78, 5) is 19.7. The third kappa shape index (κ3) is 2.47. The summed E-state index contributed by atoms with van der Waals surface area (Å²) in [6.07, 6.45) is 0. The topological polar surface area (TPSA) is 45.8 Å². The molecule has 0 radical (unpaired) electrons. The summed E-state index contributed by atoms with van der Waals surface area (Å²) in [6.45, 7) is 5.92. The molecule has 0 unspecified atom stereocenters. The van der Waals surface area contributed by atoms with Crippen LogP contribution in [0.4, 0.5) is 0 Å². The van der Waals surface area contributed by atoms with E-state index in [4.69, 9.17) is 0 Å². The van der Waals surface area contributed by atoms with Crippen LogP contribution in [0, 0.1) is 6.92 Å². The SMILES string of the molecule is Cc1nc(-c2ccc3ccccc3c2)[nH]c(=O)c1C(C)C. The number of nitrogens with one attached hydrogen (secondary N) is 1. The normalized spacial score (nSPS) is 11.2. The minimum absolute atomic E-state index is 0.0411. The molecule has 3 aromatic rings. The third-order valence-corrected chi connectivity index (χ3v) is 3.75. The van der Waals surface area contributed by atoms with E-state index in [1.807, 2.05) is 39.0 Å². The van der Waals surface area contributed by atoms with Gasteiger partial charge in [-0.15, -0.1) is 0 Å². The number of H-pyrrole nitrogens is 1. The molecule has 1 N–H and O–H groups in total. The molecule has 3 nitrogen and oxygen atoms in total. The molecule has 0 spiro atoms. The maximum Gasteiger partial charge on any atom is 0.254 e. The van der Waals surface area contributed by atoms with Crippen LogP contribution in [0.15, 0.2) is 47.3 Å². The van der Waals surface area contributed by atoms with Crippen LogP contribution in [0.25, 0.3) is 22.2 Å². The Kier molecular flexibility index (Phi) is 3.34. The lowest BCUT2D eigenvalue weighted by molar-refractivity contribution is 0.815. The fourth-order valence-electron chi connectivity index (χ4n) is 2.75. The Hall–Kier alpha value is -2.42. The molecular formula is C18H18N2O. The Labute approximate surface area is 123 Å². The van der Waals surface area contributed by atoms with Crippen molar-refractivity contribution in [1.29, 1.82) is 0 Å². The molecule has 21 heavy (non-hydrogen) atoms. The van der Waals surface area contributed by atoms with Gasteiger partial charge in [0.15, 0.2) is 0 Å². The first kappa shape index (κ1) is 13.6. The molecule has 0 amide bonds. The number of hydrogen-bond donors (Lipinski definition) is 1. The van der Waals surface area contributed by atoms with E-state index in [9.17, 15) is 4.79 Å². The van der Waals surface area contributed by atoms with E-state index in [-0.39, 0.29) is 11.5 Å². The minimum Gasteiger partial charge on any atom is -0.306 e. The number of aromatic amines is 1. The highest BCUT2D eigenvalue weighted by molar-refractivity contribution is 5.86. The Morgan fingerprint density at radius 3 is 2.43 bits per heavy atom. The zero-order valence-corrected chi connectivity index (χ0v) is 12.5. The Bertz CT molecular complexity index is 862. The van der Waals surface area contributed by atoms with Crippen molar-refractivity contribution in [2.45, 2.75) is 26.7 Å². The predicted molar refractivity (Wildman–Crippen MR) is 86.6 cm³/mol. The lowest BCUT2D eigenvalue weighted by atomic mass is 10.0. The standard InChI is InChI=1S/C18H18N2O/c1-11(2)16-12(3)19-17(20-18(16)21)15-9-8-13-6-4-5-7-14(13)10-15/h4-11H,1-3H3,(H,19,20,21). The highest BCUT2D eigenvalue weighted by Crippen LogP contribution is 2.22. The number of aromatic nitrogens is 2. The largest absolute Gasteiger partial charge is 0.306 e. The van der Waals surface area contributed by atoms with Crippen molar-refractivity contribution in [3.8, 4) is 11.4 Å². The summed E-state index contributed by atoms with van der Waals surface area (Å²) in [5, 5.41) is 2.32. The van der Waals surface area contributed by atoms with Gasteiger partial charge in [-0.2, -0.15) is 0 Å². The number of fused-ring (bicyclic) bond motifs is 1. The molecule has 0 aliphatic rings. The summed E-state index contributed by atoms with van der Waals surface area (Å²) >= 11 is 0. The molecule has 0 aliphatic heterocycles. The van der Waals surface area contributed by atoms with Crippen LogP contribution in [0.5, 0.6) is 0 Å². The van der Waals surface area contributed by atoms with Gasteiger partial charge >= 0.3 is 0 Å². The number of rotatable bonds is 2. The van der Waals surface area contributed by atoms with Crippen molar-refractivity contribution in [2.24, 2.45) is 0 Å². The Morgan fingerprint density at radius 2 is 1.76 bits per heavy atom. The van der Waals surface area contributed by atoms with Crippen LogP contribution in [0.2, 0.25) is 0 Å². The second kappa shape index (κ2) is 5.17. The van der Waals surface area contributed by atoms with Crippen LogP contribution >= 0.6 is 0 Å². The van der Waals surface area contributed by atoms with Crippen molar-refractivity contribution < 1.29 is 0 Å². The number of nitrogens with zero attached hydrogens (tertiary/aromatic N) is 1. The average Bonchev–Trinajstić information content (AvgIpc) is 2.45. The molecule has 0 fully saturated rings. The van der Waals surface area contributed by atoms with Crippen LogP contribution < -0.4 is 5.56 Å². The van der Waals surface area contributed by atoms with E-state index in [0.717, 1.165) is 22.2 Å². The van der Waals surface area contributed by atoms with E-state index in [1.165, 1.54) is 5.39 Å². The number of aryl methyl sites for hydroxylation is 1. The molecule has 1 aromatic heterocycles. The zero-order valence-electron chi connectivity index (χ0n) is 12.5. The van der Waals surface area contributed by atoms with E-state index < -0.39 is 0 Å². The van der Waals surface area contributed by atoms with Crippen LogP contribution in [-0.4, -0.2) is 9.97 Å². The van der Waals surface area contributed by atoms with Gasteiger partial charge in [0.25, 0.3) is 5.56 Å². The van der Waals surface area contributed by atoms with E-state index >= 15 is 0 Å². The molecule has 106 valence electrons. The Morgan fingerprint density at radius 1 is 1.05 bits per heavy atom. The maximum atomic E-state index is 12.2. The number of hydrogen-bond acceptors (Lipinski definition) is 2. The summed E-state index contributed by atoms with van der Waals surface area (Å²) in [6, 6.07) is 14.3. The lowest BCUT2D eigenvalue weighted by Gasteiger charge is -2.10. The van der Waals surface area contributed by atoms with Gasteiger partial charge in [0.1, 0.15) is 5.82 Å². The highest BCUT2D eigenvalue weighted by atomic mass is 16.1. The van der Waals surface area contributed by atoms with Gasteiger partial charge < -0.3 is 4.98 Å². The molecule has 2 aromatic carbocycles. The van der Waals surface area contributed by atoms with Gasteiger partial charge in [-0.3, -0.25) is 4.79 Å². The van der Waals surface area contributed by atoms with Gasteiger partial charge in [-0.05, 0) is 29.7 Å². The predicted octanol–water partition coefficient (Wildman–Crippen LogP) is 4.02. The van der Waals surface area contributed by atoms with Gasteiger partial charge in [0, 0.05) is 16.8 Å². The van der Waals surface area contributed by atoms with Crippen molar-refractivity contribution in [1.82, 2.24) is 9.97 Å². The van der Waals surface area contributed by atoms with Crippen LogP contribution in [0.3, 0.4) is 0 Å². The average molecular weight is 278 g/mol. The number of benzene rings is 2. The Balaban J connectivity index is 2.17. The highest BCUT2D eigenvalue weighted by Gasteiger charge is 2.12. The van der Waals surface area contributed by atoms with Gasteiger partial charge in [-0.25, -0.2) is 4.98 Å². The molecule has 0 atom stereocenters. The summed E-state index contributed by atoms with van der Waals surface area (Å²) in [7, 11) is 0. The van der Waals surface area contributed by atoms with E-state index in [0.29, 0.717) is 5.82 Å². The van der Waals surface area contributed by atoms with Crippen LogP contribution in [0.1, 0.15) is 31.0 Å². The summed E-state index contributed by atoms with van der Waals surface area (Å²) < 4.78 is 0. The molecule has 0 saturated carbocycles. The van der Waals surface area contributed by atoms with Gasteiger partial charge in [0.05, 0.1) is 0 Å². The maximum absolute atomic E-state index is 12.2. The van der Waals surface area contributed by atoms with Crippen molar-refractivity contribution in [2.75, 3.05) is 0 Å². The molecular weight excluding hydrogens is 260 g/mol. The first-order valence-corrected chi connectivity index (χ1v) is 7.16. The van der Waals surface area contributed by atoms with Crippen molar-refractivity contribution >= 4 is 10.8 Å². The lowest BCUT2D eigenvalue weighted by Crippen LogP contribution is -2.18. The quantitative estimate of drug-likeness (QED) is 0.769. The molecule has 0 saturated heterocycles. The second-order valence-electron chi connectivity index (χ2n) is 5.63. The molecule has 3 rings (SSSR count). The monoisotopic (exact) mass is 278 g/mol. The summed E-state index contributed by atoms with van der Waals surface area (Å²) in [5.41, 5.74) is 2.46. The fourth-order valence-corrected chi connectivity index (χ4v) is 2.75. The van der Waals surface area contributed by atoms with E-state index in [2.05, 4.69) is 34.2 Å². The van der Waals surface area contributed by atoms with Crippen LogP contribution in [-0.2, 0) is 0 Å².